The van der Waals surface area contributed by atoms with E-state index >= 15 is 0 Å². The van der Waals surface area contributed by atoms with Crippen LogP contribution >= 0.6 is 0 Å². The third-order valence-corrected chi connectivity index (χ3v) is 6.02. The van der Waals surface area contributed by atoms with E-state index in [4.69, 9.17) is 5.14 Å². The van der Waals surface area contributed by atoms with Crippen LogP contribution in [0.1, 0.15) is 16.7 Å². The Morgan fingerprint density at radius 2 is 0.966 bits per heavy atom. The first-order valence-electron chi connectivity index (χ1n) is 9.93. The molecule has 0 spiro atoms. The van der Waals surface area contributed by atoms with Crippen LogP contribution in [0.2, 0.25) is 0 Å². The molecule has 0 amide bonds. The van der Waals surface area contributed by atoms with Crippen molar-refractivity contribution >= 4 is 10.0 Å². The van der Waals surface area contributed by atoms with Gasteiger partial charge in [0.2, 0.25) is 10.0 Å². The fraction of sp³-hybridized carbons (Fsp3) is 0.250. The minimum atomic E-state index is -3.64. The smallest absolute Gasteiger partial charge is 0.238 e. The van der Waals surface area contributed by atoms with Crippen LogP contribution in [-0.2, 0) is 29.3 Å². The van der Waals surface area contributed by atoms with Crippen molar-refractivity contribution in [1.29, 1.82) is 0 Å². The van der Waals surface area contributed by atoms with Crippen LogP contribution in [-0.4, -0.2) is 33.0 Å². The molecular formula is C24H28N2O2S. The van der Waals surface area contributed by atoms with Crippen molar-refractivity contribution in [2.75, 3.05) is 19.6 Å². The predicted octanol–water partition coefficient (Wildman–Crippen LogP) is 3.66. The SMILES string of the molecule is NS(=O)(=O)c1ccc(CCN(CCc2ccccc2)CCc2ccccc2)cc1. The zero-order valence-electron chi connectivity index (χ0n) is 16.6. The molecule has 2 N–H and O–H groups in total. The van der Waals surface area contributed by atoms with Gasteiger partial charge in [-0.3, -0.25) is 0 Å². The number of sulfonamides is 1. The molecule has 3 rings (SSSR count). The number of primary sulfonamides is 1. The normalized spacial score (nSPS) is 11.7. The Balaban J connectivity index is 1.60. The molecule has 0 saturated carbocycles. The number of benzene rings is 3. The molecule has 3 aromatic rings. The molecule has 0 fully saturated rings. The molecule has 0 atom stereocenters. The quantitative estimate of drug-likeness (QED) is 0.557. The molecule has 0 aliphatic rings. The van der Waals surface area contributed by atoms with E-state index < -0.39 is 10.0 Å². The Labute approximate surface area is 174 Å². The second-order valence-corrected chi connectivity index (χ2v) is 8.81. The number of hydrogen-bond donors (Lipinski definition) is 1. The molecule has 152 valence electrons. The fourth-order valence-corrected chi connectivity index (χ4v) is 3.85. The summed E-state index contributed by atoms with van der Waals surface area (Å²) in [5.41, 5.74) is 3.80. The molecule has 0 aliphatic heterocycles. The average molecular weight is 409 g/mol. The lowest BCUT2D eigenvalue weighted by Gasteiger charge is -2.22. The second kappa shape index (κ2) is 10.3. The summed E-state index contributed by atoms with van der Waals surface area (Å²) in [5, 5.41) is 5.18. The number of hydrogen-bond acceptors (Lipinski definition) is 3. The standard InChI is InChI=1S/C24H28N2O2S/c25-29(27,28)24-13-11-23(12-14-24)17-20-26(18-15-21-7-3-1-4-8-21)19-16-22-9-5-2-6-10-22/h1-14H,15-20H2,(H2,25,27,28). The van der Waals surface area contributed by atoms with Gasteiger partial charge in [-0.2, -0.15) is 0 Å². The lowest BCUT2D eigenvalue weighted by atomic mass is 10.1. The second-order valence-electron chi connectivity index (χ2n) is 7.25. The highest BCUT2D eigenvalue weighted by molar-refractivity contribution is 7.89. The van der Waals surface area contributed by atoms with E-state index in [0.29, 0.717) is 0 Å². The van der Waals surface area contributed by atoms with E-state index in [-0.39, 0.29) is 4.90 Å². The van der Waals surface area contributed by atoms with Crippen LogP contribution in [0.25, 0.3) is 0 Å². The van der Waals surface area contributed by atoms with Crippen molar-refractivity contribution in [1.82, 2.24) is 4.90 Å². The van der Waals surface area contributed by atoms with E-state index in [2.05, 4.69) is 53.4 Å². The maximum Gasteiger partial charge on any atom is 0.238 e. The zero-order chi connectivity index (χ0) is 20.5. The van der Waals surface area contributed by atoms with Gasteiger partial charge < -0.3 is 4.90 Å². The maximum atomic E-state index is 11.4. The molecule has 0 saturated heterocycles. The van der Waals surface area contributed by atoms with Gasteiger partial charge in [0.25, 0.3) is 0 Å². The highest BCUT2D eigenvalue weighted by Crippen LogP contribution is 2.11. The first-order chi connectivity index (χ1) is 14.0. The van der Waals surface area contributed by atoms with Crippen molar-refractivity contribution in [3.63, 3.8) is 0 Å². The van der Waals surface area contributed by atoms with Crippen LogP contribution in [0.15, 0.2) is 89.8 Å². The molecule has 0 radical (unpaired) electrons. The summed E-state index contributed by atoms with van der Waals surface area (Å²) in [6, 6.07) is 28.0. The third kappa shape index (κ3) is 7.13. The predicted molar refractivity (Wildman–Crippen MR) is 118 cm³/mol. The molecule has 0 heterocycles. The third-order valence-electron chi connectivity index (χ3n) is 5.09. The largest absolute Gasteiger partial charge is 0.302 e. The van der Waals surface area contributed by atoms with Gasteiger partial charge in [0, 0.05) is 19.6 Å². The van der Waals surface area contributed by atoms with E-state index in [9.17, 15) is 8.42 Å². The van der Waals surface area contributed by atoms with E-state index in [1.807, 2.05) is 24.3 Å². The summed E-state index contributed by atoms with van der Waals surface area (Å²) >= 11 is 0. The Hall–Kier alpha value is -2.47. The summed E-state index contributed by atoms with van der Waals surface area (Å²) in [7, 11) is -3.64. The van der Waals surface area contributed by atoms with Gasteiger partial charge in [0.15, 0.2) is 0 Å². The van der Waals surface area contributed by atoms with Crippen molar-refractivity contribution < 1.29 is 8.42 Å². The fourth-order valence-electron chi connectivity index (χ4n) is 3.33. The van der Waals surface area contributed by atoms with Crippen LogP contribution in [0, 0.1) is 0 Å². The van der Waals surface area contributed by atoms with E-state index in [0.717, 1.165) is 44.5 Å². The summed E-state index contributed by atoms with van der Waals surface area (Å²) < 4.78 is 22.8. The van der Waals surface area contributed by atoms with Gasteiger partial charge in [-0.1, -0.05) is 72.8 Å². The van der Waals surface area contributed by atoms with E-state index in [1.54, 1.807) is 12.1 Å². The molecule has 3 aromatic carbocycles. The lowest BCUT2D eigenvalue weighted by Crippen LogP contribution is -2.30. The average Bonchev–Trinajstić information content (AvgIpc) is 2.74. The van der Waals surface area contributed by atoms with Gasteiger partial charge in [0.1, 0.15) is 0 Å². The zero-order valence-corrected chi connectivity index (χ0v) is 17.4. The van der Waals surface area contributed by atoms with Crippen LogP contribution in [0.4, 0.5) is 0 Å². The Morgan fingerprint density at radius 3 is 1.34 bits per heavy atom. The van der Waals surface area contributed by atoms with Crippen molar-refractivity contribution in [3.8, 4) is 0 Å². The van der Waals surface area contributed by atoms with Crippen molar-refractivity contribution in [2.24, 2.45) is 5.14 Å². The monoisotopic (exact) mass is 408 g/mol. The van der Waals surface area contributed by atoms with Gasteiger partial charge in [0.05, 0.1) is 4.90 Å². The minimum Gasteiger partial charge on any atom is -0.302 e. The number of rotatable bonds is 10. The van der Waals surface area contributed by atoms with Crippen molar-refractivity contribution in [2.45, 2.75) is 24.2 Å². The maximum absolute atomic E-state index is 11.4. The van der Waals surface area contributed by atoms with E-state index in [1.165, 1.54) is 11.1 Å². The summed E-state index contributed by atoms with van der Waals surface area (Å²) in [6.07, 6.45) is 2.90. The molecular weight excluding hydrogens is 380 g/mol. The van der Waals surface area contributed by atoms with Gasteiger partial charge in [-0.25, -0.2) is 13.6 Å². The van der Waals surface area contributed by atoms with Gasteiger partial charge in [-0.05, 0) is 48.1 Å². The van der Waals surface area contributed by atoms with Crippen LogP contribution in [0.3, 0.4) is 0 Å². The number of nitrogens with zero attached hydrogens (tertiary/aromatic N) is 1. The molecule has 0 aliphatic carbocycles. The molecule has 0 unspecified atom stereocenters. The molecule has 0 bridgehead atoms. The molecule has 29 heavy (non-hydrogen) atoms. The first kappa shape index (κ1) is 21.2. The lowest BCUT2D eigenvalue weighted by molar-refractivity contribution is 0.284. The summed E-state index contributed by atoms with van der Waals surface area (Å²) in [4.78, 5) is 2.64. The molecule has 4 nitrogen and oxygen atoms in total. The Morgan fingerprint density at radius 1 is 0.586 bits per heavy atom. The first-order valence-corrected chi connectivity index (χ1v) is 11.5. The Bertz CT molecular complexity index is 929. The summed E-state index contributed by atoms with van der Waals surface area (Å²) in [5.74, 6) is 0. The van der Waals surface area contributed by atoms with Gasteiger partial charge in [-0.15, -0.1) is 0 Å². The highest BCUT2D eigenvalue weighted by Gasteiger charge is 2.09. The number of nitrogens with two attached hydrogens (primary N) is 1. The van der Waals surface area contributed by atoms with Gasteiger partial charge >= 0.3 is 0 Å². The highest BCUT2D eigenvalue weighted by atomic mass is 32.2. The topological polar surface area (TPSA) is 63.4 Å². The van der Waals surface area contributed by atoms with Crippen LogP contribution < -0.4 is 5.14 Å². The molecule has 0 aromatic heterocycles. The Kier molecular flexibility index (Phi) is 7.58. The summed E-state index contributed by atoms with van der Waals surface area (Å²) in [6.45, 7) is 2.91. The minimum absolute atomic E-state index is 0.159. The van der Waals surface area contributed by atoms with Crippen molar-refractivity contribution in [3.05, 3.63) is 102 Å². The molecule has 5 heteroatoms. The van der Waals surface area contributed by atoms with Crippen LogP contribution in [0.5, 0.6) is 0 Å².